The second kappa shape index (κ2) is 9.47. The summed E-state index contributed by atoms with van der Waals surface area (Å²) in [6, 6.07) is 5.66. The van der Waals surface area contributed by atoms with E-state index >= 15 is 0 Å². The van der Waals surface area contributed by atoms with E-state index in [2.05, 4.69) is 22.0 Å². The highest BCUT2D eigenvalue weighted by molar-refractivity contribution is 5.92. The quantitative estimate of drug-likeness (QED) is 0.836. The van der Waals surface area contributed by atoms with Crippen molar-refractivity contribution in [2.75, 3.05) is 51.1 Å². The molecule has 0 aliphatic carbocycles. The number of amides is 2. The van der Waals surface area contributed by atoms with Gasteiger partial charge in [0.15, 0.2) is 0 Å². The van der Waals surface area contributed by atoms with Gasteiger partial charge in [0.2, 0.25) is 11.8 Å². The second-order valence-electron chi connectivity index (χ2n) is 8.05. The van der Waals surface area contributed by atoms with Crippen LogP contribution in [0, 0.1) is 11.7 Å². The van der Waals surface area contributed by atoms with E-state index in [4.69, 9.17) is 0 Å². The number of nitrogens with one attached hydrogen (secondary N) is 1. The third-order valence-corrected chi connectivity index (χ3v) is 5.90. The van der Waals surface area contributed by atoms with Crippen LogP contribution in [0.15, 0.2) is 24.3 Å². The first-order chi connectivity index (χ1) is 13.4. The zero-order valence-electron chi connectivity index (χ0n) is 16.9. The van der Waals surface area contributed by atoms with E-state index in [9.17, 15) is 14.0 Å². The van der Waals surface area contributed by atoms with Gasteiger partial charge in [-0.05, 0) is 49.9 Å². The molecule has 28 heavy (non-hydrogen) atoms. The van der Waals surface area contributed by atoms with Gasteiger partial charge in [0.1, 0.15) is 5.82 Å². The summed E-state index contributed by atoms with van der Waals surface area (Å²) < 4.78 is 12.9. The van der Waals surface area contributed by atoms with Gasteiger partial charge in [-0.3, -0.25) is 19.4 Å². The Bertz CT molecular complexity index is 665. The summed E-state index contributed by atoms with van der Waals surface area (Å²) in [6.45, 7) is 9.35. The van der Waals surface area contributed by atoms with Crippen LogP contribution in [0.4, 0.5) is 10.1 Å². The van der Waals surface area contributed by atoms with Gasteiger partial charge in [-0.2, -0.15) is 0 Å². The average molecular weight is 391 g/mol. The van der Waals surface area contributed by atoms with E-state index in [0.29, 0.717) is 18.2 Å². The highest BCUT2D eigenvalue weighted by Gasteiger charge is 2.30. The van der Waals surface area contributed by atoms with Crippen LogP contribution in [-0.4, -0.2) is 78.4 Å². The van der Waals surface area contributed by atoms with Crippen molar-refractivity contribution in [1.29, 1.82) is 0 Å². The smallest absolute Gasteiger partial charge is 0.239 e. The molecule has 2 heterocycles. The molecule has 2 amide bonds. The van der Waals surface area contributed by atoms with E-state index in [1.54, 1.807) is 12.1 Å². The minimum atomic E-state index is -0.322. The lowest BCUT2D eigenvalue weighted by molar-refractivity contribution is -0.138. The number of benzene rings is 1. The Morgan fingerprint density at radius 3 is 2.29 bits per heavy atom. The zero-order valence-corrected chi connectivity index (χ0v) is 16.9. The molecule has 6 nitrogen and oxygen atoms in total. The van der Waals surface area contributed by atoms with E-state index in [1.165, 1.54) is 12.1 Å². The summed E-state index contributed by atoms with van der Waals surface area (Å²) in [5.41, 5.74) is 0.597. The maximum atomic E-state index is 12.9. The molecule has 0 saturated carbocycles. The number of hydrogen-bond donors (Lipinski definition) is 1. The predicted octanol–water partition coefficient (Wildman–Crippen LogP) is 2.03. The number of carbonyl (C=O) groups excluding carboxylic acids is 2. The first kappa shape index (κ1) is 20.7. The van der Waals surface area contributed by atoms with Crippen molar-refractivity contribution in [1.82, 2.24) is 14.7 Å². The van der Waals surface area contributed by atoms with Crippen LogP contribution in [0.2, 0.25) is 0 Å². The average Bonchev–Trinajstić information content (AvgIpc) is 2.70. The lowest BCUT2D eigenvalue weighted by Gasteiger charge is -2.40. The topological polar surface area (TPSA) is 55.9 Å². The van der Waals surface area contributed by atoms with Crippen molar-refractivity contribution in [2.45, 2.75) is 32.7 Å². The third kappa shape index (κ3) is 5.52. The maximum absolute atomic E-state index is 12.9. The fourth-order valence-corrected chi connectivity index (χ4v) is 3.89. The van der Waals surface area contributed by atoms with E-state index in [-0.39, 0.29) is 23.7 Å². The fraction of sp³-hybridized carbons (Fsp3) is 0.619. The molecule has 0 spiro atoms. The number of rotatable bonds is 5. The van der Waals surface area contributed by atoms with Gasteiger partial charge in [0, 0.05) is 45.0 Å². The molecule has 1 atom stereocenters. The van der Waals surface area contributed by atoms with Crippen LogP contribution in [-0.2, 0) is 9.59 Å². The summed E-state index contributed by atoms with van der Waals surface area (Å²) in [6.07, 6.45) is 2.19. The first-order valence-corrected chi connectivity index (χ1v) is 10.2. The molecule has 1 aromatic carbocycles. The van der Waals surface area contributed by atoms with Gasteiger partial charge in [0.25, 0.3) is 0 Å². The van der Waals surface area contributed by atoms with E-state index < -0.39 is 0 Å². The van der Waals surface area contributed by atoms with Gasteiger partial charge in [-0.15, -0.1) is 0 Å². The summed E-state index contributed by atoms with van der Waals surface area (Å²) in [7, 11) is 0. The molecule has 0 unspecified atom stereocenters. The number of hydrogen-bond acceptors (Lipinski definition) is 4. The van der Waals surface area contributed by atoms with Gasteiger partial charge in [-0.25, -0.2) is 4.39 Å². The van der Waals surface area contributed by atoms with Crippen LogP contribution >= 0.6 is 0 Å². The number of anilines is 1. The molecule has 2 aliphatic heterocycles. The summed E-state index contributed by atoms with van der Waals surface area (Å²) in [4.78, 5) is 31.3. The number of piperazine rings is 1. The Morgan fingerprint density at radius 1 is 1.07 bits per heavy atom. The molecule has 0 radical (unpaired) electrons. The second-order valence-corrected chi connectivity index (χ2v) is 8.05. The van der Waals surface area contributed by atoms with Gasteiger partial charge >= 0.3 is 0 Å². The minimum Gasteiger partial charge on any atom is -0.341 e. The van der Waals surface area contributed by atoms with Gasteiger partial charge in [0.05, 0.1) is 12.6 Å². The molecule has 2 saturated heterocycles. The Balaban J connectivity index is 1.41. The molecule has 154 valence electrons. The van der Waals surface area contributed by atoms with Crippen LogP contribution in [0.1, 0.15) is 26.7 Å². The maximum Gasteiger partial charge on any atom is 0.239 e. The Morgan fingerprint density at radius 2 is 1.68 bits per heavy atom. The normalized spacial score (nSPS) is 20.8. The fourth-order valence-electron chi connectivity index (χ4n) is 3.89. The standard InChI is InChI=1S/C21H31FN4O2/c1-16-7-9-26(10-8-16)21(28)17(2)25-13-11-24(12-14-25)15-20(27)23-19-5-3-18(22)4-6-19/h3-6,16-17H,7-15H2,1-2H3,(H,23,27)/t17-/m0/s1. The molecular weight excluding hydrogens is 359 g/mol. The zero-order chi connectivity index (χ0) is 20.1. The number of carbonyl (C=O) groups is 2. The van der Waals surface area contributed by atoms with Crippen molar-refractivity contribution in [3.05, 3.63) is 30.1 Å². The van der Waals surface area contributed by atoms with E-state index in [0.717, 1.165) is 52.1 Å². The summed E-state index contributed by atoms with van der Waals surface area (Å²) >= 11 is 0. The lowest BCUT2D eigenvalue weighted by atomic mass is 9.98. The molecular formula is C21H31FN4O2. The van der Waals surface area contributed by atoms with Crippen molar-refractivity contribution >= 4 is 17.5 Å². The Hall–Kier alpha value is -1.99. The number of likely N-dealkylation sites (tertiary alicyclic amines) is 1. The summed E-state index contributed by atoms with van der Waals surface area (Å²) in [5.74, 6) is 0.516. The van der Waals surface area contributed by atoms with Crippen LogP contribution in [0.3, 0.4) is 0 Å². The lowest BCUT2D eigenvalue weighted by Crippen LogP contribution is -2.56. The highest BCUT2D eigenvalue weighted by Crippen LogP contribution is 2.18. The van der Waals surface area contributed by atoms with E-state index in [1.807, 2.05) is 11.8 Å². The molecule has 0 bridgehead atoms. The van der Waals surface area contributed by atoms with Gasteiger partial charge < -0.3 is 10.2 Å². The van der Waals surface area contributed by atoms with Crippen molar-refractivity contribution in [3.8, 4) is 0 Å². The predicted molar refractivity (Wildman–Crippen MR) is 107 cm³/mol. The number of piperidine rings is 1. The summed E-state index contributed by atoms with van der Waals surface area (Å²) in [5, 5.41) is 2.79. The van der Waals surface area contributed by atoms with Crippen LogP contribution in [0.5, 0.6) is 0 Å². The highest BCUT2D eigenvalue weighted by atomic mass is 19.1. The number of nitrogens with zero attached hydrogens (tertiary/aromatic N) is 3. The Kier molecular flexibility index (Phi) is 7.02. The molecule has 2 fully saturated rings. The molecule has 0 aromatic heterocycles. The monoisotopic (exact) mass is 390 g/mol. The largest absolute Gasteiger partial charge is 0.341 e. The first-order valence-electron chi connectivity index (χ1n) is 10.2. The Labute approximate surface area is 166 Å². The van der Waals surface area contributed by atoms with Crippen LogP contribution < -0.4 is 5.32 Å². The molecule has 2 aliphatic rings. The van der Waals surface area contributed by atoms with Crippen molar-refractivity contribution < 1.29 is 14.0 Å². The third-order valence-electron chi connectivity index (χ3n) is 5.90. The SMILES string of the molecule is CC1CCN(C(=O)[C@H](C)N2CCN(CC(=O)Nc3ccc(F)cc3)CC2)CC1. The minimum absolute atomic E-state index is 0.105. The number of halogens is 1. The van der Waals surface area contributed by atoms with Crippen molar-refractivity contribution in [3.63, 3.8) is 0 Å². The molecule has 1 aromatic rings. The van der Waals surface area contributed by atoms with Crippen molar-refractivity contribution in [2.24, 2.45) is 5.92 Å². The molecule has 1 N–H and O–H groups in total. The van der Waals surface area contributed by atoms with Gasteiger partial charge in [-0.1, -0.05) is 6.92 Å². The molecule has 3 rings (SSSR count). The molecule has 7 heteroatoms. The van der Waals surface area contributed by atoms with Crippen LogP contribution in [0.25, 0.3) is 0 Å².